The predicted octanol–water partition coefficient (Wildman–Crippen LogP) is 0.872. The van der Waals surface area contributed by atoms with Gasteiger partial charge in [-0.05, 0) is 0 Å². The molecule has 5 heteroatoms. The minimum absolute atomic E-state index is 0. The summed E-state index contributed by atoms with van der Waals surface area (Å²) in [6.07, 6.45) is 0. The molecule has 0 fully saturated rings. The zero-order valence-corrected chi connectivity index (χ0v) is 5.44. The SMILES string of the molecule is O=C(O)C(Cl)Cl.[Cu]. The average Bonchev–Trinajstić information content (AvgIpc) is 1.36. The van der Waals surface area contributed by atoms with Crippen LogP contribution in [0.1, 0.15) is 0 Å². The first-order valence-corrected chi connectivity index (χ1v) is 2.03. The summed E-state index contributed by atoms with van der Waals surface area (Å²) in [5.74, 6) is -1.21. The molecule has 0 spiro atoms. The van der Waals surface area contributed by atoms with Crippen LogP contribution in [0.3, 0.4) is 0 Å². The number of carbonyl (C=O) groups is 1. The first-order chi connectivity index (χ1) is 2.64. The van der Waals surface area contributed by atoms with Gasteiger partial charge >= 0.3 is 5.97 Å². The Bertz CT molecular complexity index is 64.7. The molecule has 0 rings (SSSR count). The summed E-state index contributed by atoms with van der Waals surface area (Å²) >= 11 is 9.56. The largest absolute Gasteiger partial charge is 0.479 e. The molecule has 0 unspecified atom stereocenters. The van der Waals surface area contributed by atoms with E-state index >= 15 is 0 Å². The molecule has 0 aliphatic carbocycles. The van der Waals surface area contributed by atoms with Crippen LogP contribution in [0.2, 0.25) is 0 Å². The second-order valence-corrected chi connectivity index (χ2v) is 1.74. The maximum Gasteiger partial charge on any atom is 0.337 e. The van der Waals surface area contributed by atoms with Crippen molar-refractivity contribution in [1.82, 2.24) is 0 Å². The Labute approximate surface area is 61.3 Å². The van der Waals surface area contributed by atoms with Gasteiger partial charge in [-0.15, -0.1) is 0 Å². The van der Waals surface area contributed by atoms with Crippen molar-refractivity contribution < 1.29 is 27.0 Å². The molecule has 0 saturated heterocycles. The standard InChI is InChI=1S/C2H2Cl2O2.Cu/c3-1(4)2(5)6;/h1H,(H,5,6);. The Morgan fingerprint density at radius 1 is 1.57 bits per heavy atom. The molecular formula is C2H2Cl2CuO2. The van der Waals surface area contributed by atoms with Gasteiger partial charge in [0.05, 0.1) is 0 Å². The second-order valence-electron chi connectivity index (χ2n) is 0.639. The molecule has 2 nitrogen and oxygen atoms in total. The quantitative estimate of drug-likeness (QED) is 0.495. The minimum Gasteiger partial charge on any atom is -0.479 e. The average molecular weight is 192 g/mol. The van der Waals surface area contributed by atoms with Crippen LogP contribution in [0.15, 0.2) is 0 Å². The first kappa shape index (κ1) is 10.5. The molecule has 0 saturated carbocycles. The molecule has 0 heterocycles. The van der Waals surface area contributed by atoms with Crippen molar-refractivity contribution in [1.29, 1.82) is 0 Å². The Hall–Kier alpha value is 0.569. The summed E-state index contributed by atoms with van der Waals surface area (Å²) in [5, 5.41) is 7.73. The van der Waals surface area contributed by atoms with Crippen molar-refractivity contribution in [3.05, 3.63) is 0 Å². The van der Waals surface area contributed by atoms with E-state index in [0.29, 0.717) is 0 Å². The van der Waals surface area contributed by atoms with Crippen LogP contribution in [0.5, 0.6) is 0 Å². The van der Waals surface area contributed by atoms with Crippen molar-refractivity contribution in [3.63, 3.8) is 0 Å². The van der Waals surface area contributed by atoms with E-state index in [1.165, 1.54) is 0 Å². The molecule has 0 aromatic rings. The Morgan fingerprint density at radius 2 is 1.71 bits per heavy atom. The van der Waals surface area contributed by atoms with E-state index in [2.05, 4.69) is 0 Å². The van der Waals surface area contributed by atoms with Crippen LogP contribution in [0.25, 0.3) is 0 Å². The number of hydrogen-bond donors (Lipinski definition) is 1. The van der Waals surface area contributed by atoms with Gasteiger partial charge in [0, 0.05) is 17.1 Å². The molecule has 0 aromatic heterocycles. The van der Waals surface area contributed by atoms with E-state index in [4.69, 9.17) is 28.3 Å². The molecule has 1 radical (unpaired) electrons. The van der Waals surface area contributed by atoms with E-state index in [1.54, 1.807) is 0 Å². The fourth-order valence-corrected chi connectivity index (χ4v) is 0. The summed E-state index contributed by atoms with van der Waals surface area (Å²) in [7, 11) is 0. The van der Waals surface area contributed by atoms with E-state index in [0.717, 1.165) is 0 Å². The molecular weight excluding hydrogens is 190 g/mol. The molecule has 1 N–H and O–H groups in total. The van der Waals surface area contributed by atoms with Crippen molar-refractivity contribution in [2.45, 2.75) is 4.84 Å². The van der Waals surface area contributed by atoms with Gasteiger partial charge in [0.2, 0.25) is 4.84 Å². The second kappa shape index (κ2) is 4.72. The molecule has 0 atom stereocenters. The Morgan fingerprint density at radius 3 is 1.71 bits per heavy atom. The van der Waals surface area contributed by atoms with Gasteiger partial charge in [-0.2, -0.15) is 0 Å². The smallest absolute Gasteiger partial charge is 0.337 e. The third-order valence-electron chi connectivity index (χ3n) is 0.187. The number of hydrogen-bond acceptors (Lipinski definition) is 1. The van der Waals surface area contributed by atoms with Gasteiger partial charge < -0.3 is 5.11 Å². The van der Waals surface area contributed by atoms with Crippen molar-refractivity contribution in [2.75, 3.05) is 0 Å². The van der Waals surface area contributed by atoms with Gasteiger partial charge in [0.15, 0.2) is 0 Å². The van der Waals surface area contributed by atoms with Gasteiger partial charge in [0.25, 0.3) is 0 Å². The van der Waals surface area contributed by atoms with Crippen LogP contribution >= 0.6 is 23.2 Å². The summed E-state index contributed by atoms with van der Waals surface area (Å²) in [6.45, 7) is 0. The Kier molecular flexibility index (Phi) is 7.10. The summed E-state index contributed by atoms with van der Waals surface area (Å²) in [4.78, 5) is 8.15. The number of aliphatic carboxylic acids is 1. The third-order valence-corrected chi connectivity index (χ3v) is 0.560. The predicted molar refractivity (Wildman–Crippen MR) is 23.1 cm³/mol. The molecule has 7 heavy (non-hydrogen) atoms. The van der Waals surface area contributed by atoms with Crippen molar-refractivity contribution in [3.8, 4) is 0 Å². The van der Waals surface area contributed by atoms with Crippen LogP contribution in [-0.4, -0.2) is 15.9 Å². The van der Waals surface area contributed by atoms with Crippen LogP contribution in [0, 0.1) is 0 Å². The number of halogens is 2. The molecule has 0 bridgehead atoms. The van der Waals surface area contributed by atoms with E-state index < -0.39 is 10.8 Å². The normalized spacial score (nSPS) is 7.86. The Balaban J connectivity index is 0. The van der Waals surface area contributed by atoms with Crippen molar-refractivity contribution >= 4 is 29.2 Å². The van der Waals surface area contributed by atoms with Crippen LogP contribution in [-0.2, 0) is 21.9 Å². The summed E-state index contributed by atoms with van der Waals surface area (Å²) in [5.41, 5.74) is 0. The molecule has 0 aliphatic heterocycles. The molecule has 0 aromatic carbocycles. The molecule has 0 amide bonds. The number of carboxylic acids is 1. The van der Waals surface area contributed by atoms with Gasteiger partial charge in [-0.3, -0.25) is 0 Å². The zero-order valence-electron chi connectivity index (χ0n) is 2.99. The number of rotatable bonds is 1. The molecule has 47 valence electrons. The van der Waals surface area contributed by atoms with Crippen molar-refractivity contribution in [2.24, 2.45) is 0 Å². The number of alkyl halides is 2. The fourth-order valence-electron chi connectivity index (χ4n) is 0. The maximum atomic E-state index is 9.44. The zero-order chi connectivity index (χ0) is 5.15. The van der Waals surface area contributed by atoms with Gasteiger partial charge in [-0.1, -0.05) is 23.2 Å². The van der Waals surface area contributed by atoms with Crippen LogP contribution < -0.4 is 0 Å². The van der Waals surface area contributed by atoms with Gasteiger partial charge in [0.1, 0.15) is 0 Å². The van der Waals surface area contributed by atoms with Crippen LogP contribution in [0.4, 0.5) is 0 Å². The van der Waals surface area contributed by atoms with Gasteiger partial charge in [-0.25, -0.2) is 4.79 Å². The van der Waals surface area contributed by atoms with E-state index in [9.17, 15) is 4.79 Å². The first-order valence-electron chi connectivity index (χ1n) is 1.15. The van der Waals surface area contributed by atoms with E-state index in [-0.39, 0.29) is 17.1 Å². The minimum atomic E-state index is -1.29. The summed E-state index contributed by atoms with van der Waals surface area (Å²) < 4.78 is 0. The number of carboxylic acid groups (broad SMARTS) is 1. The fraction of sp³-hybridized carbons (Fsp3) is 0.500. The third kappa shape index (κ3) is 6.57. The van der Waals surface area contributed by atoms with E-state index in [1.807, 2.05) is 0 Å². The topological polar surface area (TPSA) is 37.3 Å². The maximum absolute atomic E-state index is 9.44. The summed E-state index contributed by atoms with van der Waals surface area (Å²) in [6, 6.07) is 0. The molecule has 0 aliphatic rings. The monoisotopic (exact) mass is 191 g/mol.